The van der Waals surface area contributed by atoms with Gasteiger partial charge in [-0.2, -0.15) is 0 Å². The van der Waals surface area contributed by atoms with Crippen LogP contribution in [0.15, 0.2) is 67.0 Å². The molecule has 4 unspecified atom stereocenters. The molecule has 0 saturated carbocycles. The number of carbonyl (C=O) groups excluding carboxylic acids is 4. The monoisotopic (exact) mass is 789 g/mol. The van der Waals surface area contributed by atoms with Crippen molar-refractivity contribution in [3.63, 3.8) is 0 Å². The Balaban J connectivity index is 1.02. The number of nitrogens with zero attached hydrogens (tertiary/aromatic N) is 5. The first-order chi connectivity index (χ1) is 27.9. The molecule has 0 spiro atoms. The highest BCUT2D eigenvalue weighted by atomic mass is 16.5. The van der Waals surface area contributed by atoms with E-state index in [1.54, 1.807) is 22.2 Å². The number of amides is 4. The third-order valence-corrected chi connectivity index (χ3v) is 11.2. The van der Waals surface area contributed by atoms with E-state index in [0.717, 1.165) is 76.2 Å². The van der Waals surface area contributed by atoms with Crippen LogP contribution in [0.4, 0.5) is 9.59 Å². The van der Waals surface area contributed by atoms with Crippen LogP contribution in [0.1, 0.15) is 77.1 Å². The van der Waals surface area contributed by atoms with Gasteiger partial charge in [-0.05, 0) is 72.4 Å². The number of carbonyl (C=O) groups is 4. The van der Waals surface area contributed by atoms with Crippen molar-refractivity contribution < 1.29 is 28.7 Å². The molecule has 2 aliphatic heterocycles. The van der Waals surface area contributed by atoms with Gasteiger partial charge >= 0.3 is 12.2 Å². The van der Waals surface area contributed by atoms with E-state index in [2.05, 4.69) is 67.0 Å². The number of aromatic amines is 2. The van der Waals surface area contributed by atoms with Crippen LogP contribution in [0.25, 0.3) is 44.7 Å². The number of alkyl carbamates (subject to hydrolysis) is 2. The molecule has 58 heavy (non-hydrogen) atoms. The molecule has 4 atom stereocenters. The van der Waals surface area contributed by atoms with E-state index in [1.807, 2.05) is 45.9 Å². The molecule has 5 heterocycles. The molecule has 15 nitrogen and oxygen atoms in total. The van der Waals surface area contributed by atoms with Gasteiger partial charge in [0, 0.05) is 18.5 Å². The molecule has 2 fully saturated rings. The van der Waals surface area contributed by atoms with Gasteiger partial charge in [-0.15, -0.1) is 0 Å². The zero-order valence-corrected chi connectivity index (χ0v) is 33.7. The number of imidazole rings is 2. The number of H-pyrrole nitrogens is 2. The van der Waals surface area contributed by atoms with Gasteiger partial charge in [0.05, 0.1) is 61.3 Å². The van der Waals surface area contributed by atoms with Gasteiger partial charge in [0.25, 0.3) is 0 Å². The molecule has 4 amide bonds. The summed E-state index contributed by atoms with van der Waals surface area (Å²) in [5.41, 5.74) is 6.27. The topological polar surface area (TPSA) is 188 Å². The Bertz CT molecular complexity index is 2280. The van der Waals surface area contributed by atoms with Crippen molar-refractivity contribution in [1.82, 2.24) is 45.4 Å². The fraction of sp³-hybridized carbons (Fsp3) is 0.419. The summed E-state index contributed by atoms with van der Waals surface area (Å²) >= 11 is 0. The molecule has 2 aliphatic rings. The minimum atomic E-state index is -0.700. The first-order valence-electron chi connectivity index (χ1n) is 19.9. The highest BCUT2D eigenvalue weighted by Gasteiger charge is 2.39. The summed E-state index contributed by atoms with van der Waals surface area (Å²) in [4.78, 5) is 75.8. The number of hydrogen-bond acceptors (Lipinski definition) is 9. The molecule has 7 rings (SSSR count). The maximum absolute atomic E-state index is 13.6. The summed E-state index contributed by atoms with van der Waals surface area (Å²) in [6, 6.07) is 16.6. The Morgan fingerprint density at radius 3 is 1.71 bits per heavy atom. The third kappa shape index (κ3) is 8.25. The molecule has 3 aromatic heterocycles. The first kappa shape index (κ1) is 40.0. The lowest BCUT2D eigenvalue weighted by Crippen LogP contribution is -2.51. The maximum atomic E-state index is 13.6. The predicted molar refractivity (Wildman–Crippen MR) is 218 cm³/mol. The van der Waals surface area contributed by atoms with E-state index in [1.165, 1.54) is 14.2 Å². The smallest absolute Gasteiger partial charge is 0.407 e. The highest BCUT2D eigenvalue weighted by molar-refractivity contribution is 5.88. The van der Waals surface area contributed by atoms with E-state index in [9.17, 15) is 19.2 Å². The zero-order chi connectivity index (χ0) is 41.1. The third-order valence-electron chi connectivity index (χ3n) is 11.2. The molecular formula is C43H51N9O6. The lowest BCUT2D eigenvalue weighted by atomic mass is 10.0. The lowest BCUT2D eigenvalue weighted by molar-refractivity contribution is -0.136. The molecule has 15 heteroatoms. The second-order valence-corrected chi connectivity index (χ2v) is 15.6. The fourth-order valence-corrected chi connectivity index (χ4v) is 7.97. The quantitative estimate of drug-likeness (QED) is 0.112. The minimum Gasteiger partial charge on any atom is -0.453 e. The van der Waals surface area contributed by atoms with Crippen LogP contribution in [-0.4, -0.2) is 98.1 Å². The average molecular weight is 790 g/mol. The van der Waals surface area contributed by atoms with Crippen molar-refractivity contribution in [1.29, 1.82) is 0 Å². The zero-order valence-electron chi connectivity index (χ0n) is 33.7. The van der Waals surface area contributed by atoms with Crippen LogP contribution in [0.5, 0.6) is 0 Å². The second-order valence-electron chi connectivity index (χ2n) is 15.6. The number of likely N-dealkylation sites (tertiary alicyclic amines) is 2. The van der Waals surface area contributed by atoms with Crippen LogP contribution in [0.2, 0.25) is 0 Å². The van der Waals surface area contributed by atoms with Crippen molar-refractivity contribution in [2.75, 3.05) is 27.3 Å². The van der Waals surface area contributed by atoms with E-state index in [4.69, 9.17) is 14.5 Å². The maximum Gasteiger partial charge on any atom is 0.407 e. The Morgan fingerprint density at radius 1 is 0.672 bits per heavy atom. The molecule has 304 valence electrons. The largest absolute Gasteiger partial charge is 0.453 e. The van der Waals surface area contributed by atoms with Gasteiger partial charge in [0.1, 0.15) is 23.7 Å². The van der Waals surface area contributed by atoms with Crippen molar-refractivity contribution in [2.24, 2.45) is 11.8 Å². The highest BCUT2D eigenvalue weighted by Crippen LogP contribution is 2.35. The van der Waals surface area contributed by atoms with Crippen LogP contribution >= 0.6 is 0 Å². The number of hydrogen-bond donors (Lipinski definition) is 4. The number of ether oxygens (including phenoxy) is 2. The Morgan fingerprint density at radius 2 is 1.17 bits per heavy atom. The van der Waals surface area contributed by atoms with Gasteiger partial charge in [-0.1, -0.05) is 64.1 Å². The van der Waals surface area contributed by atoms with Crippen LogP contribution in [-0.2, 0) is 19.1 Å². The number of fused-ring (bicyclic) bond motifs is 1. The SMILES string of the molecule is COC(=O)NC(C(=O)N1CCCC1c1ncc(-c2ccc(-c3ccc4nc(-c5cnc(C6CCCN6C(=O)C(NC(=O)OC)C(C)C)[nH]5)ccc4c3)cc2)[nH]1)C(C)C. The summed E-state index contributed by atoms with van der Waals surface area (Å²) in [7, 11) is 2.58. The second kappa shape index (κ2) is 17.1. The predicted octanol–water partition coefficient (Wildman–Crippen LogP) is 6.77. The molecular weight excluding hydrogens is 739 g/mol. The van der Waals surface area contributed by atoms with Crippen molar-refractivity contribution >= 4 is 34.9 Å². The molecule has 2 aromatic carbocycles. The van der Waals surface area contributed by atoms with E-state index in [-0.39, 0.29) is 35.7 Å². The van der Waals surface area contributed by atoms with Crippen LogP contribution in [0, 0.1) is 11.8 Å². The van der Waals surface area contributed by atoms with Gasteiger partial charge < -0.3 is 39.9 Å². The van der Waals surface area contributed by atoms with Gasteiger partial charge in [-0.25, -0.2) is 24.5 Å². The molecule has 0 bridgehead atoms. The van der Waals surface area contributed by atoms with Crippen molar-refractivity contribution in [3.05, 3.63) is 78.6 Å². The lowest BCUT2D eigenvalue weighted by Gasteiger charge is -2.30. The molecule has 0 radical (unpaired) electrons. The van der Waals surface area contributed by atoms with E-state index >= 15 is 0 Å². The van der Waals surface area contributed by atoms with E-state index < -0.39 is 24.3 Å². The van der Waals surface area contributed by atoms with Gasteiger partial charge in [-0.3, -0.25) is 9.59 Å². The summed E-state index contributed by atoms with van der Waals surface area (Å²) in [5.74, 6) is 0.892. The van der Waals surface area contributed by atoms with Crippen LogP contribution in [0.3, 0.4) is 0 Å². The number of aromatic nitrogens is 5. The number of nitrogens with one attached hydrogen (secondary N) is 4. The minimum absolute atomic E-state index is 0.107. The number of benzene rings is 2. The van der Waals surface area contributed by atoms with Crippen molar-refractivity contribution in [3.8, 4) is 33.8 Å². The van der Waals surface area contributed by atoms with E-state index in [0.29, 0.717) is 18.9 Å². The molecule has 0 aliphatic carbocycles. The summed E-state index contributed by atoms with van der Waals surface area (Å²) in [6.07, 6.45) is 5.52. The van der Waals surface area contributed by atoms with Gasteiger partial charge in [0.15, 0.2) is 0 Å². The summed E-state index contributed by atoms with van der Waals surface area (Å²) in [6.45, 7) is 8.76. The molecule has 4 N–H and O–H groups in total. The normalized spacial score (nSPS) is 17.8. The Kier molecular flexibility index (Phi) is 11.8. The summed E-state index contributed by atoms with van der Waals surface area (Å²) < 4.78 is 9.52. The first-order valence-corrected chi connectivity index (χ1v) is 19.9. The number of rotatable bonds is 11. The van der Waals surface area contributed by atoms with Crippen LogP contribution < -0.4 is 10.6 Å². The van der Waals surface area contributed by atoms with Gasteiger partial charge in [0.2, 0.25) is 11.8 Å². The average Bonchev–Trinajstić information content (AvgIpc) is 4.07. The fourth-order valence-electron chi connectivity index (χ4n) is 7.97. The van der Waals surface area contributed by atoms with Crippen molar-refractivity contribution in [2.45, 2.75) is 77.5 Å². The summed E-state index contributed by atoms with van der Waals surface area (Å²) in [5, 5.41) is 6.38. The Labute approximate surface area is 337 Å². The molecule has 2 saturated heterocycles. The molecule has 5 aromatic rings. The standard InChI is InChI=1S/C43H51N9O6/c1-24(2)36(49-42(55)57-5)40(53)51-19-7-9-34(51)38-44-22-32(47-38)27-13-11-26(12-14-27)28-15-17-30-29(21-28)16-18-31(46-30)33-23-45-39(48-33)35-10-8-20-52(35)41(54)37(25(3)4)50-43(56)58-6/h11-18,21-25,34-37H,7-10,19-20H2,1-6H3,(H,44,47)(H,45,48)(H,49,55)(H,50,56). The number of methoxy groups -OCH3 is 2. The Hall–Kier alpha value is -6.25. The number of pyridine rings is 1.